The quantitative estimate of drug-likeness (QED) is 0.429. The maximum atomic E-state index is 10.6. The third-order valence-corrected chi connectivity index (χ3v) is 1.44. The van der Waals surface area contributed by atoms with Crippen molar-refractivity contribution < 1.29 is 4.57 Å². The second-order valence-electron chi connectivity index (χ2n) is 2.95. The van der Waals surface area contributed by atoms with Crippen LogP contribution >= 0.6 is 28.3 Å². The van der Waals surface area contributed by atoms with E-state index in [1.807, 2.05) is 20.8 Å². The average Bonchev–Trinajstić information content (AvgIpc) is 1.57. The van der Waals surface area contributed by atoms with Gasteiger partial charge in [0.05, 0.1) is 0 Å². The van der Waals surface area contributed by atoms with Gasteiger partial charge in [-0.15, -0.1) is 0 Å². The Labute approximate surface area is 71.0 Å². The van der Waals surface area contributed by atoms with Gasteiger partial charge in [-0.05, 0) is 48.9 Å². The lowest BCUT2D eigenvalue weighted by Crippen LogP contribution is -1.98. The molecule has 4 heteroatoms. The second kappa shape index (κ2) is 3.18. The Balaban J connectivity index is 4.35. The molecule has 0 aliphatic rings. The van der Waals surface area contributed by atoms with Gasteiger partial charge >= 0.3 is 5.85 Å². The zero-order valence-corrected chi connectivity index (χ0v) is 8.52. The minimum atomic E-state index is -3.18. The molecule has 0 N–H and O–H groups in total. The van der Waals surface area contributed by atoms with Crippen molar-refractivity contribution in [1.82, 2.24) is 0 Å². The van der Waals surface area contributed by atoms with Gasteiger partial charge in [-0.2, -0.15) is 0 Å². The van der Waals surface area contributed by atoms with Crippen LogP contribution in [0.25, 0.3) is 0 Å². The summed E-state index contributed by atoms with van der Waals surface area (Å²) < 4.78 is 10.6. The van der Waals surface area contributed by atoms with Gasteiger partial charge in [-0.25, -0.2) is 0 Å². The van der Waals surface area contributed by atoms with Gasteiger partial charge < -0.3 is 0 Å². The van der Waals surface area contributed by atoms with Crippen molar-refractivity contribution in [2.24, 2.45) is 5.41 Å². The lowest BCUT2D eigenvalue weighted by atomic mass is 9.99. The van der Waals surface area contributed by atoms with Crippen LogP contribution in [-0.4, -0.2) is 0 Å². The lowest BCUT2D eigenvalue weighted by Gasteiger charge is -2.06. The minimum absolute atomic E-state index is 0.195. The molecule has 0 radical (unpaired) electrons. The molecule has 0 aromatic rings. The van der Waals surface area contributed by atoms with Crippen LogP contribution in [0.2, 0.25) is 0 Å². The SMILES string of the molecule is CC(C)(C)C#CP(=O)(Cl)Cl. The molecule has 0 bridgehead atoms. The van der Waals surface area contributed by atoms with Gasteiger partial charge in [-0.3, -0.25) is 4.57 Å². The maximum Gasteiger partial charge on any atom is 0.323 e. The van der Waals surface area contributed by atoms with E-state index in [2.05, 4.69) is 11.6 Å². The first kappa shape index (κ1) is 10.4. The molecule has 0 rings (SSSR count). The fourth-order valence-electron chi connectivity index (χ4n) is 0.233. The molecule has 0 fully saturated rings. The molecule has 0 aromatic carbocycles. The summed E-state index contributed by atoms with van der Waals surface area (Å²) in [6.45, 7) is 5.68. The zero-order chi connectivity index (χ0) is 8.41. The van der Waals surface area contributed by atoms with Gasteiger partial charge in [0.2, 0.25) is 0 Å². The van der Waals surface area contributed by atoms with E-state index in [1.54, 1.807) is 0 Å². The van der Waals surface area contributed by atoms with E-state index < -0.39 is 5.85 Å². The molecule has 0 aliphatic heterocycles. The average molecular weight is 199 g/mol. The fraction of sp³-hybridized carbons (Fsp3) is 0.667. The number of rotatable bonds is 0. The lowest BCUT2D eigenvalue weighted by molar-refractivity contribution is 0.570. The van der Waals surface area contributed by atoms with Gasteiger partial charge in [0.1, 0.15) is 0 Å². The van der Waals surface area contributed by atoms with Crippen LogP contribution in [0.4, 0.5) is 0 Å². The molecule has 0 spiro atoms. The predicted molar refractivity (Wildman–Crippen MR) is 46.5 cm³/mol. The Hall–Kier alpha value is 0.370. The molecule has 58 valence electrons. The van der Waals surface area contributed by atoms with Crippen molar-refractivity contribution >= 4 is 28.3 Å². The molecular weight excluding hydrogens is 190 g/mol. The summed E-state index contributed by atoms with van der Waals surface area (Å²) in [6, 6.07) is 0. The highest BCUT2D eigenvalue weighted by Crippen LogP contribution is 2.55. The normalized spacial score (nSPS) is 12.1. The van der Waals surface area contributed by atoms with E-state index >= 15 is 0 Å². The summed E-state index contributed by atoms with van der Waals surface area (Å²) in [4.78, 5) is 0. The summed E-state index contributed by atoms with van der Waals surface area (Å²) in [6.07, 6.45) is 0. The van der Waals surface area contributed by atoms with Crippen molar-refractivity contribution in [3.63, 3.8) is 0 Å². The van der Waals surface area contributed by atoms with E-state index in [9.17, 15) is 4.57 Å². The van der Waals surface area contributed by atoms with E-state index in [0.29, 0.717) is 0 Å². The van der Waals surface area contributed by atoms with Crippen molar-refractivity contribution in [2.45, 2.75) is 20.8 Å². The highest BCUT2D eigenvalue weighted by atomic mass is 35.9. The van der Waals surface area contributed by atoms with E-state index in [4.69, 9.17) is 22.5 Å². The Morgan fingerprint density at radius 2 is 1.70 bits per heavy atom. The van der Waals surface area contributed by atoms with Crippen molar-refractivity contribution in [3.05, 3.63) is 0 Å². The third-order valence-electron chi connectivity index (χ3n) is 0.561. The molecule has 10 heavy (non-hydrogen) atoms. The Morgan fingerprint density at radius 3 is 1.80 bits per heavy atom. The maximum absolute atomic E-state index is 10.6. The first-order valence-electron chi connectivity index (χ1n) is 2.74. The second-order valence-corrected chi connectivity index (χ2v) is 7.47. The van der Waals surface area contributed by atoms with Gasteiger partial charge in [-0.1, -0.05) is 5.92 Å². The van der Waals surface area contributed by atoms with Crippen LogP contribution in [0.3, 0.4) is 0 Å². The monoisotopic (exact) mass is 198 g/mol. The van der Waals surface area contributed by atoms with Gasteiger partial charge in [0.25, 0.3) is 0 Å². The largest absolute Gasteiger partial charge is 0.323 e. The highest BCUT2D eigenvalue weighted by molar-refractivity contribution is 8.11. The van der Waals surface area contributed by atoms with Crippen LogP contribution in [-0.2, 0) is 4.57 Å². The Bertz CT molecular complexity index is 212. The fourth-order valence-corrected chi connectivity index (χ4v) is 0.952. The molecule has 0 saturated heterocycles. The minimum Gasteiger partial charge on any atom is -0.275 e. The highest BCUT2D eigenvalue weighted by Gasteiger charge is 2.10. The molecule has 1 nitrogen and oxygen atoms in total. The van der Waals surface area contributed by atoms with E-state index in [0.717, 1.165) is 0 Å². The first-order valence-corrected chi connectivity index (χ1v) is 6.26. The van der Waals surface area contributed by atoms with Crippen LogP contribution in [0.1, 0.15) is 20.8 Å². The number of hydrogen-bond acceptors (Lipinski definition) is 1. The Morgan fingerprint density at radius 1 is 1.30 bits per heavy atom. The molecule has 0 saturated carbocycles. The van der Waals surface area contributed by atoms with Crippen LogP contribution in [0, 0.1) is 17.0 Å². The van der Waals surface area contributed by atoms with Crippen LogP contribution in [0.5, 0.6) is 0 Å². The molecule has 0 amide bonds. The summed E-state index contributed by atoms with van der Waals surface area (Å²) in [5, 5.41) is 0. The zero-order valence-electron chi connectivity index (χ0n) is 6.11. The van der Waals surface area contributed by atoms with Gasteiger partial charge in [0.15, 0.2) is 0 Å². The predicted octanol–water partition coefficient (Wildman–Crippen LogP) is 3.66. The van der Waals surface area contributed by atoms with E-state index in [-0.39, 0.29) is 5.41 Å². The van der Waals surface area contributed by atoms with Crippen molar-refractivity contribution in [3.8, 4) is 11.6 Å². The molecule has 0 unspecified atom stereocenters. The molecule has 0 atom stereocenters. The van der Waals surface area contributed by atoms with E-state index in [1.165, 1.54) is 0 Å². The van der Waals surface area contributed by atoms with Crippen LogP contribution < -0.4 is 0 Å². The number of hydrogen-bond donors (Lipinski definition) is 0. The van der Waals surface area contributed by atoms with Crippen LogP contribution in [0.15, 0.2) is 0 Å². The first-order chi connectivity index (χ1) is 4.21. The summed E-state index contributed by atoms with van der Waals surface area (Å²) in [5.74, 6) is -0.494. The summed E-state index contributed by atoms with van der Waals surface area (Å²) >= 11 is 10.4. The smallest absolute Gasteiger partial charge is 0.275 e. The molecule has 0 aromatic heterocycles. The summed E-state index contributed by atoms with van der Waals surface area (Å²) in [7, 11) is 0. The topological polar surface area (TPSA) is 17.1 Å². The summed E-state index contributed by atoms with van der Waals surface area (Å²) in [5.41, 5.74) is 2.10. The molecule has 0 heterocycles. The molecule has 0 aliphatic carbocycles. The molecular formula is C6H9Cl2OP. The van der Waals surface area contributed by atoms with Gasteiger partial charge in [0, 0.05) is 5.41 Å². The van der Waals surface area contributed by atoms with Crippen molar-refractivity contribution in [2.75, 3.05) is 0 Å². The third kappa shape index (κ3) is 8.37. The number of halogens is 2. The standard InChI is InChI=1S/C6H9Cl2OP/c1-6(2,3)4-5-10(7,8)9/h1-3H3. The Kier molecular flexibility index (Phi) is 3.30. The van der Waals surface area contributed by atoms with Crippen molar-refractivity contribution in [1.29, 1.82) is 0 Å².